The second kappa shape index (κ2) is 6.91. The molecule has 2 aromatic carbocycles. The number of Topliss-reactive ketones (excluding diaryl/α,β-unsaturated/α-hetero) is 1. The molecule has 7 nitrogen and oxygen atoms in total. The van der Waals surface area contributed by atoms with Gasteiger partial charge in [0.05, 0.1) is 0 Å². The Morgan fingerprint density at radius 2 is 2.03 bits per heavy atom. The number of ketones is 1. The molecular weight excluding hydrogens is 430 g/mol. The summed E-state index contributed by atoms with van der Waals surface area (Å²) >= 11 is 0. The number of rotatable bonds is 3. The number of aromatic amines is 1. The van der Waals surface area contributed by atoms with Gasteiger partial charge in [-0.25, -0.2) is 0 Å². The van der Waals surface area contributed by atoms with E-state index in [4.69, 9.17) is 10.5 Å². The van der Waals surface area contributed by atoms with Crippen LogP contribution in [-0.4, -0.2) is 33.6 Å². The van der Waals surface area contributed by atoms with Gasteiger partial charge < -0.3 is 25.9 Å². The summed E-state index contributed by atoms with van der Waals surface area (Å²) in [5.74, 6) is -2.48. The Kier molecular flexibility index (Phi) is 4.25. The highest BCUT2D eigenvalue weighted by atomic mass is 16.6. The Bertz CT molecular complexity index is 1420. The highest BCUT2D eigenvalue weighted by Crippen LogP contribution is 2.57. The summed E-state index contributed by atoms with van der Waals surface area (Å²) in [7, 11) is 0. The first kappa shape index (κ1) is 20.9. The summed E-state index contributed by atoms with van der Waals surface area (Å²) in [6.45, 7) is 4.10. The van der Waals surface area contributed by atoms with Crippen molar-refractivity contribution in [1.29, 1.82) is 0 Å². The third kappa shape index (κ3) is 2.53. The highest BCUT2D eigenvalue weighted by molar-refractivity contribution is 6.14. The van der Waals surface area contributed by atoms with Crippen LogP contribution in [0.25, 0.3) is 10.9 Å². The average Bonchev–Trinajstić information content (AvgIpc) is 3.41. The van der Waals surface area contributed by atoms with Gasteiger partial charge in [0.25, 0.3) is 11.7 Å². The number of hydrogen-bond acceptors (Lipinski definition) is 5. The Morgan fingerprint density at radius 3 is 2.79 bits per heavy atom. The molecule has 1 aromatic heterocycles. The predicted octanol–water partition coefficient (Wildman–Crippen LogP) is 3.16. The molecule has 0 radical (unpaired) electrons. The fourth-order valence-corrected chi connectivity index (χ4v) is 5.41. The van der Waals surface area contributed by atoms with Crippen LogP contribution in [0.2, 0.25) is 0 Å². The third-order valence-electron chi connectivity index (χ3n) is 7.20. The first-order valence-corrected chi connectivity index (χ1v) is 11.4. The van der Waals surface area contributed by atoms with Crippen molar-refractivity contribution in [2.24, 2.45) is 5.73 Å². The molecule has 2 heterocycles. The summed E-state index contributed by atoms with van der Waals surface area (Å²) in [6, 6.07) is 14.1. The van der Waals surface area contributed by atoms with Crippen molar-refractivity contribution < 1.29 is 19.4 Å². The Labute approximate surface area is 196 Å². The van der Waals surface area contributed by atoms with E-state index in [9.17, 15) is 14.7 Å². The molecule has 3 aromatic rings. The number of amides is 1. The number of carbonyl (C=O) groups is 2. The lowest BCUT2D eigenvalue weighted by Crippen LogP contribution is -2.63. The molecule has 34 heavy (non-hydrogen) atoms. The number of hydrogen-bond donors (Lipinski definition) is 4. The van der Waals surface area contributed by atoms with Gasteiger partial charge in [-0.3, -0.25) is 9.59 Å². The molecule has 0 saturated carbocycles. The topological polar surface area (TPSA) is 117 Å². The van der Waals surface area contributed by atoms with Crippen LogP contribution in [-0.2, 0) is 10.3 Å². The molecule has 0 spiro atoms. The van der Waals surface area contributed by atoms with Crippen molar-refractivity contribution in [3.8, 4) is 5.75 Å². The molecule has 0 fully saturated rings. The number of para-hydroxylation sites is 1. The molecule has 2 aliphatic carbocycles. The number of aromatic nitrogens is 1. The van der Waals surface area contributed by atoms with Crippen molar-refractivity contribution in [3.05, 3.63) is 88.7 Å². The minimum atomic E-state index is -2.10. The fourth-order valence-electron chi connectivity index (χ4n) is 5.41. The van der Waals surface area contributed by atoms with E-state index in [0.717, 1.165) is 16.5 Å². The van der Waals surface area contributed by atoms with E-state index in [1.807, 2.05) is 56.3 Å². The molecule has 0 saturated heterocycles. The molecule has 1 aliphatic heterocycles. The van der Waals surface area contributed by atoms with Gasteiger partial charge in [0.2, 0.25) is 5.54 Å². The number of fused-ring (bicyclic) bond motifs is 5. The molecule has 5 N–H and O–H groups in total. The molecule has 0 bridgehead atoms. The van der Waals surface area contributed by atoms with E-state index < -0.39 is 29.1 Å². The monoisotopic (exact) mass is 455 g/mol. The minimum Gasteiger partial charge on any atom is -0.454 e. The second-order valence-electron chi connectivity index (χ2n) is 9.53. The second-order valence-corrected chi connectivity index (χ2v) is 9.53. The normalized spacial score (nSPS) is 27.1. The zero-order chi connectivity index (χ0) is 23.8. The van der Waals surface area contributed by atoms with Crippen LogP contribution in [0.1, 0.15) is 47.8 Å². The van der Waals surface area contributed by atoms with Gasteiger partial charge in [-0.1, -0.05) is 56.3 Å². The average molecular weight is 456 g/mol. The highest BCUT2D eigenvalue weighted by Gasteiger charge is 2.72. The first-order valence-electron chi connectivity index (χ1n) is 11.4. The van der Waals surface area contributed by atoms with Gasteiger partial charge in [-0.15, -0.1) is 0 Å². The van der Waals surface area contributed by atoms with Crippen molar-refractivity contribution in [3.63, 3.8) is 0 Å². The number of aliphatic hydroxyl groups is 1. The predicted molar refractivity (Wildman–Crippen MR) is 127 cm³/mol. The van der Waals surface area contributed by atoms with Crippen molar-refractivity contribution in [2.45, 2.75) is 43.6 Å². The summed E-state index contributed by atoms with van der Waals surface area (Å²) in [5.41, 5.74) is 7.54. The molecule has 1 amide bonds. The van der Waals surface area contributed by atoms with E-state index in [2.05, 4.69) is 10.3 Å². The number of ether oxygens (including phenoxy) is 1. The molecule has 172 valence electrons. The lowest BCUT2D eigenvalue weighted by Gasteiger charge is -2.35. The van der Waals surface area contributed by atoms with Crippen molar-refractivity contribution in [1.82, 2.24) is 10.3 Å². The number of H-pyrrole nitrogens is 1. The Hall–Kier alpha value is -3.68. The largest absolute Gasteiger partial charge is 0.454 e. The summed E-state index contributed by atoms with van der Waals surface area (Å²) in [6.07, 6.45) is 3.96. The maximum atomic E-state index is 14.0. The first-order chi connectivity index (χ1) is 16.3. The number of benzene rings is 2. The SMILES string of the molecule is CC(C)c1ccc2c(c1)OC1(O)C3=C(C(=O)C21NC(=O)c1cc2ccccc2[nH]1)C(N)CC=C3. The maximum Gasteiger partial charge on any atom is 0.270 e. The zero-order valence-electron chi connectivity index (χ0n) is 18.9. The van der Waals surface area contributed by atoms with Crippen LogP contribution in [0.15, 0.2) is 71.8 Å². The van der Waals surface area contributed by atoms with E-state index in [-0.39, 0.29) is 11.6 Å². The lowest BCUT2D eigenvalue weighted by molar-refractivity contribution is -0.154. The maximum absolute atomic E-state index is 14.0. The lowest BCUT2D eigenvalue weighted by atomic mass is 9.81. The van der Waals surface area contributed by atoms with Crippen LogP contribution in [0.5, 0.6) is 5.75 Å². The molecule has 6 rings (SSSR count). The van der Waals surface area contributed by atoms with Gasteiger partial charge >= 0.3 is 0 Å². The smallest absolute Gasteiger partial charge is 0.270 e. The number of carbonyl (C=O) groups excluding carboxylic acids is 2. The van der Waals surface area contributed by atoms with Crippen LogP contribution in [0, 0.1) is 0 Å². The van der Waals surface area contributed by atoms with Gasteiger partial charge in [-0.05, 0) is 36.1 Å². The third-order valence-corrected chi connectivity index (χ3v) is 7.20. The molecule has 3 unspecified atom stereocenters. The summed E-state index contributed by atoms with van der Waals surface area (Å²) in [5, 5.41) is 15.8. The van der Waals surface area contributed by atoms with E-state index in [0.29, 0.717) is 28.9 Å². The Morgan fingerprint density at radius 1 is 1.24 bits per heavy atom. The van der Waals surface area contributed by atoms with Crippen LogP contribution >= 0.6 is 0 Å². The van der Waals surface area contributed by atoms with Gasteiger partial charge in [0.15, 0.2) is 5.78 Å². The summed E-state index contributed by atoms with van der Waals surface area (Å²) in [4.78, 5) is 30.7. The van der Waals surface area contributed by atoms with E-state index in [1.165, 1.54) is 0 Å². The van der Waals surface area contributed by atoms with E-state index >= 15 is 0 Å². The molecule has 3 aliphatic rings. The molecule has 7 heteroatoms. The fraction of sp³-hybridized carbons (Fsp3) is 0.259. The zero-order valence-corrected chi connectivity index (χ0v) is 18.9. The minimum absolute atomic E-state index is 0.217. The standard InChI is InChI=1S/C27H25N3O4/c1-14(2)15-10-11-17-22(13-15)34-27(33)18-7-5-8-19(28)23(18)24(31)26(17,27)30-25(32)21-12-16-6-3-4-9-20(16)29-21/h3-7,9-14,19,29,33H,8,28H2,1-2H3,(H,30,32). The quantitative estimate of drug-likeness (QED) is 0.484. The summed E-state index contributed by atoms with van der Waals surface area (Å²) < 4.78 is 6.14. The van der Waals surface area contributed by atoms with Gasteiger partial charge in [0, 0.05) is 33.7 Å². The van der Waals surface area contributed by atoms with Gasteiger partial charge in [0.1, 0.15) is 11.4 Å². The van der Waals surface area contributed by atoms with Gasteiger partial charge in [-0.2, -0.15) is 0 Å². The number of nitrogens with two attached hydrogens (primary N) is 1. The molecule has 3 atom stereocenters. The van der Waals surface area contributed by atoms with Crippen LogP contribution in [0.4, 0.5) is 0 Å². The van der Waals surface area contributed by atoms with Crippen LogP contribution in [0.3, 0.4) is 0 Å². The van der Waals surface area contributed by atoms with Crippen LogP contribution < -0.4 is 15.8 Å². The van der Waals surface area contributed by atoms with Crippen molar-refractivity contribution in [2.75, 3.05) is 0 Å². The van der Waals surface area contributed by atoms with E-state index in [1.54, 1.807) is 18.2 Å². The van der Waals surface area contributed by atoms with Crippen molar-refractivity contribution >= 4 is 22.6 Å². The Balaban J connectivity index is 1.52. The number of nitrogens with one attached hydrogen (secondary N) is 2. The molecular formula is C27H25N3O4.